The molecule has 2 aromatic rings. The van der Waals surface area contributed by atoms with Crippen LogP contribution in [-0.4, -0.2) is 49.4 Å². The lowest BCUT2D eigenvalue weighted by Gasteiger charge is -2.30. The molecule has 0 saturated heterocycles. The number of nitrogens with zero attached hydrogens (tertiary/aromatic N) is 2. The van der Waals surface area contributed by atoms with E-state index in [-0.39, 0.29) is 24.1 Å². The number of nitrogens with one attached hydrogen (secondary N) is 1. The number of anilines is 1. The molecule has 1 aliphatic heterocycles. The van der Waals surface area contributed by atoms with Gasteiger partial charge in [0.1, 0.15) is 6.54 Å². The summed E-state index contributed by atoms with van der Waals surface area (Å²) < 4.78 is 6.78. The van der Waals surface area contributed by atoms with Crippen molar-refractivity contribution in [1.29, 1.82) is 0 Å². The largest absolute Gasteiger partial charge is 0.449 e. The van der Waals surface area contributed by atoms with Crippen LogP contribution in [0.1, 0.15) is 25.8 Å². The van der Waals surface area contributed by atoms with Gasteiger partial charge in [0.2, 0.25) is 5.91 Å². The fraction of sp³-hybridized carbons (Fsp3) is 0.333. The zero-order valence-corrected chi connectivity index (χ0v) is 19.5. The second-order valence-electron chi connectivity index (χ2n) is 7.26. The maximum Gasteiger partial charge on any atom is 0.294 e. The zero-order chi connectivity index (χ0) is 22.2. The van der Waals surface area contributed by atoms with Crippen LogP contribution in [0.25, 0.3) is 6.08 Å². The lowest BCUT2D eigenvalue weighted by Crippen LogP contribution is -2.44. The van der Waals surface area contributed by atoms with E-state index < -0.39 is 0 Å². The molecule has 31 heavy (non-hydrogen) atoms. The van der Waals surface area contributed by atoms with E-state index in [9.17, 15) is 9.59 Å². The second kappa shape index (κ2) is 11.1. The highest BCUT2D eigenvalue weighted by Crippen LogP contribution is 2.35. The highest BCUT2D eigenvalue weighted by Gasteiger charge is 2.31. The van der Waals surface area contributed by atoms with Gasteiger partial charge in [-0.25, -0.2) is 0 Å². The summed E-state index contributed by atoms with van der Waals surface area (Å²) in [5, 5.41) is 2.93. The molecule has 0 unspecified atom stereocenters. The van der Waals surface area contributed by atoms with Gasteiger partial charge >= 0.3 is 0 Å². The summed E-state index contributed by atoms with van der Waals surface area (Å²) in [6, 6.07) is 14.9. The highest BCUT2D eigenvalue weighted by atomic mass is 79.9. The summed E-state index contributed by atoms with van der Waals surface area (Å²) in [6.07, 6.45) is 2.56. The minimum atomic E-state index is -0.336. The number of carbonyl (C=O) groups is 2. The Kier molecular flexibility index (Phi) is 8.26. The molecule has 0 atom stereocenters. The van der Waals surface area contributed by atoms with E-state index in [4.69, 9.17) is 4.74 Å². The Morgan fingerprint density at radius 1 is 1.16 bits per heavy atom. The van der Waals surface area contributed by atoms with Crippen molar-refractivity contribution >= 4 is 39.5 Å². The first-order valence-electron chi connectivity index (χ1n) is 10.6. The number of fused-ring (bicyclic) bond motifs is 1. The van der Waals surface area contributed by atoms with Crippen molar-refractivity contribution in [2.45, 2.75) is 20.3 Å². The van der Waals surface area contributed by atoms with Crippen molar-refractivity contribution in [3.8, 4) is 5.75 Å². The van der Waals surface area contributed by atoms with Gasteiger partial charge in [0, 0.05) is 11.0 Å². The number of halogens is 1. The average molecular weight is 486 g/mol. The lowest BCUT2D eigenvalue weighted by atomic mass is 10.1. The molecular formula is C24H28BrN3O3. The van der Waals surface area contributed by atoms with Gasteiger partial charge in [-0.2, -0.15) is 0 Å². The third-order valence-corrected chi connectivity index (χ3v) is 5.64. The normalized spacial score (nSPS) is 14.5. The SMILES string of the molecule is CCN(CC)CCCNC(=O)CN1C(=O)C(=Cc2cccc(Br)c2)Oc2ccccc21. The molecule has 1 aliphatic rings. The van der Waals surface area contributed by atoms with E-state index in [1.165, 1.54) is 4.90 Å². The van der Waals surface area contributed by atoms with E-state index >= 15 is 0 Å². The summed E-state index contributed by atoms with van der Waals surface area (Å²) in [5.74, 6) is 0.215. The molecule has 2 amide bonds. The van der Waals surface area contributed by atoms with E-state index in [1.807, 2.05) is 36.4 Å². The Balaban J connectivity index is 1.71. The molecule has 0 bridgehead atoms. The molecule has 7 heteroatoms. The van der Waals surface area contributed by atoms with Gasteiger partial charge in [-0.15, -0.1) is 0 Å². The summed E-state index contributed by atoms with van der Waals surface area (Å²) in [5.41, 5.74) is 1.43. The molecule has 0 aliphatic carbocycles. The standard InChI is InChI=1S/C24H28BrN3O3/c1-3-27(4-2)14-8-13-26-23(29)17-28-20-11-5-6-12-21(20)31-22(24(28)30)16-18-9-7-10-19(25)15-18/h5-7,9-12,15-16H,3-4,8,13-14,17H2,1-2H3,(H,26,29). The van der Waals surface area contributed by atoms with Crippen molar-refractivity contribution in [3.63, 3.8) is 0 Å². The van der Waals surface area contributed by atoms with Gasteiger partial charge in [0.25, 0.3) is 5.91 Å². The van der Waals surface area contributed by atoms with Crippen molar-refractivity contribution in [3.05, 3.63) is 64.3 Å². The van der Waals surface area contributed by atoms with Crippen molar-refractivity contribution in [1.82, 2.24) is 10.2 Å². The molecule has 1 N–H and O–H groups in total. The van der Waals surface area contributed by atoms with Crippen LogP contribution in [0.3, 0.4) is 0 Å². The second-order valence-corrected chi connectivity index (χ2v) is 8.17. The van der Waals surface area contributed by atoms with Gasteiger partial charge in [-0.05, 0) is 62.0 Å². The average Bonchev–Trinajstić information content (AvgIpc) is 2.77. The van der Waals surface area contributed by atoms with Crippen LogP contribution >= 0.6 is 15.9 Å². The number of hydrogen-bond acceptors (Lipinski definition) is 4. The maximum absolute atomic E-state index is 13.1. The summed E-state index contributed by atoms with van der Waals surface area (Å²) >= 11 is 3.44. The predicted molar refractivity (Wildman–Crippen MR) is 127 cm³/mol. The number of ether oxygens (including phenoxy) is 1. The molecule has 2 aromatic carbocycles. The molecule has 1 heterocycles. The number of amides is 2. The number of benzene rings is 2. The molecular weight excluding hydrogens is 458 g/mol. The van der Waals surface area contributed by atoms with Crippen LogP contribution in [0.15, 0.2) is 58.8 Å². The van der Waals surface area contributed by atoms with Crippen LogP contribution in [-0.2, 0) is 9.59 Å². The van der Waals surface area contributed by atoms with E-state index in [2.05, 4.69) is 40.0 Å². The van der Waals surface area contributed by atoms with Crippen LogP contribution in [0.2, 0.25) is 0 Å². The fourth-order valence-electron chi connectivity index (χ4n) is 3.44. The number of para-hydroxylation sites is 2. The van der Waals surface area contributed by atoms with Crippen LogP contribution in [0, 0.1) is 0 Å². The molecule has 0 fully saturated rings. The fourth-order valence-corrected chi connectivity index (χ4v) is 3.85. The monoisotopic (exact) mass is 485 g/mol. The Hall–Kier alpha value is -2.64. The van der Waals surface area contributed by atoms with Gasteiger partial charge in [-0.1, -0.05) is 54.0 Å². The third-order valence-electron chi connectivity index (χ3n) is 5.15. The Bertz CT molecular complexity index is 957. The van der Waals surface area contributed by atoms with Crippen molar-refractivity contribution in [2.75, 3.05) is 37.6 Å². The smallest absolute Gasteiger partial charge is 0.294 e. The lowest BCUT2D eigenvalue weighted by molar-refractivity contribution is -0.123. The summed E-state index contributed by atoms with van der Waals surface area (Å²) in [7, 11) is 0. The number of carbonyl (C=O) groups excluding carboxylic acids is 2. The minimum absolute atomic E-state index is 0.0553. The third kappa shape index (κ3) is 6.18. The molecule has 0 saturated carbocycles. The topological polar surface area (TPSA) is 61.9 Å². The molecule has 0 radical (unpaired) electrons. The molecule has 164 valence electrons. The van der Waals surface area contributed by atoms with Gasteiger partial charge < -0.3 is 15.0 Å². The van der Waals surface area contributed by atoms with E-state index in [1.54, 1.807) is 18.2 Å². The van der Waals surface area contributed by atoms with Crippen LogP contribution in [0.4, 0.5) is 5.69 Å². The first-order chi connectivity index (χ1) is 15.0. The Morgan fingerprint density at radius 2 is 1.94 bits per heavy atom. The van der Waals surface area contributed by atoms with Crippen LogP contribution < -0.4 is 15.0 Å². The molecule has 0 aromatic heterocycles. The quantitative estimate of drug-likeness (QED) is 0.429. The molecule has 0 spiro atoms. The summed E-state index contributed by atoms with van der Waals surface area (Å²) in [4.78, 5) is 29.5. The van der Waals surface area contributed by atoms with Gasteiger partial charge in [-0.3, -0.25) is 14.5 Å². The molecule has 6 nitrogen and oxygen atoms in total. The van der Waals surface area contributed by atoms with Crippen molar-refractivity contribution < 1.29 is 14.3 Å². The minimum Gasteiger partial charge on any atom is -0.449 e. The first-order valence-corrected chi connectivity index (χ1v) is 11.4. The Labute approximate surface area is 192 Å². The predicted octanol–water partition coefficient (Wildman–Crippen LogP) is 4.06. The maximum atomic E-state index is 13.1. The van der Waals surface area contributed by atoms with Gasteiger partial charge in [0.05, 0.1) is 5.69 Å². The van der Waals surface area contributed by atoms with Crippen LogP contribution in [0.5, 0.6) is 5.75 Å². The first kappa shape index (κ1) is 23.0. The number of rotatable bonds is 9. The highest BCUT2D eigenvalue weighted by molar-refractivity contribution is 9.10. The number of hydrogen-bond donors (Lipinski definition) is 1. The van der Waals surface area contributed by atoms with E-state index in [0.29, 0.717) is 18.0 Å². The Morgan fingerprint density at radius 3 is 2.68 bits per heavy atom. The zero-order valence-electron chi connectivity index (χ0n) is 17.9. The summed E-state index contributed by atoms with van der Waals surface area (Å²) in [6.45, 7) is 7.71. The molecule has 3 rings (SSSR count). The van der Waals surface area contributed by atoms with Crippen molar-refractivity contribution in [2.24, 2.45) is 0 Å². The van der Waals surface area contributed by atoms with Gasteiger partial charge in [0.15, 0.2) is 11.5 Å². The van der Waals surface area contributed by atoms with E-state index in [0.717, 1.165) is 36.1 Å².